The molecule has 0 spiro atoms. The monoisotopic (exact) mass is 701 g/mol. The van der Waals surface area contributed by atoms with Crippen LogP contribution in [0.3, 0.4) is 0 Å². The molecule has 298 valence electrons. The summed E-state index contributed by atoms with van der Waals surface area (Å²) in [5.74, 6) is 0. The number of rotatable bonds is 42. The third-order valence-corrected chi connectivity index (χ3v) is 11.8. The van der Waals surface area contributed by atoms with Crippen LogP contribution in [0.1, 0.15) is 278 Å². The Labute approximate surface area is 318 Å². The minimum Gasteiger partial charge on any atom is -0.356 e. The molecule has 1 heterocycles. The molecule has 1 rings (SSSR count). The molecule has 1 unspecified atom stereocenters. The molecule has 0 N–H and O–H groups in total. The van der Waals surface area contributed by atoms with E-state index in [1.54, 1.807) is 0 Å². The van der Waals surface area contributed by atoms with Gasteiger partial charge in [-0.25, -0.2) is 0 Å². The van der Waals surface area contributed by atoms with Crippen molar-refractivity contribution >= 4 is 0 Å². The predicted molar refractivity (Wildman–Crippen MR) is 228 cm³/mol. The van der Waals surface area contributed by atoms with Crippen LogP contribution in [-0.4, -0.2) is 29.1 Å². The first-order valence-corrected chi connectivity index (χ1v) is 24.0. The standard InChI is InChI=1S/C48H96N2/c1-4-7-10-13-16-19-22-24-25-26-27-28-30-33-36-39-42-45-50-47-46-49(44-41-38-35-32-21-18-15-12-9-6-3)48(50)43-40-37-34-31-29-23-20-17-14-11-8-5-2/h46-48H,4-45H2,1-3H3. The van der Waals surface area contributed by atoms with Crippen molar-refractivity contribution in [3.05, 3.63) is 12.4 Å². The highest BCUT2D eigenvalue weighted by Gasteiger charge is 2.24. The van der Waals surface area contributed by atoms with Crippen molar-refractivity contribution in [1.29, 1.82) is 0 Å². The van der Waals surface area contributed by atoms with Crippen LogP contribution in [0.25, 0.3) is 0 Å². The molecule has 2 heteroatoms. The first-order valence-electron chi connectivity index (χ1n) is 24.0. The summed E-state index contributed by atoms with van der Waals surface area (Å²) in [7, 11) is 0. The molecule has 0 saturated carbocycles. The molecule has 0 saturated heterocycles. The summed E-state index contributed by atoms with van der Waals surface area (Å²) < 4.78 is 0. The summed E-state index contributed by atoms with van der Waals surface area (Å²) in [6, 6.07) is 0. The summed E-state index contributed by atoms with van der Waals surface area (Å²) in [6.45, 7) is 9.49. The van der Waals surface area contributed by atoms with E-state index in [-0.39, 0.29) is 0 Å². The molecule has 0 aromatic carbocycles. The van der Waals surface area contributed by atoms with Gasteiger partial charge in [0.25, 0.3) is 0 Å². The number of unbranched alkanes of at least 4 members (excludes halogenated alkanes) is 36. The second-order valence-corrected chi connectivity index (χ2v) is 16.8. The predicted octanol–water partition coefficient (Wildman–Crippen LogP) is 17.1. The first-order chi connectivity index (χ1) is 24.8. The van der Waals surface area contributed by atoms with Crippen molar-refractivity contribution < 1.29 is 0 Å². The maximum absolute atomic E-state index is 2.74. The van der Waals surface area contributed by atoms with Crippen LogP contribution in [0.2, 0.25) is 0 Å². The molecule has 1 aliphatic rings. The SMILES string of the molecule is CCCCCCCCCCCCCCCCCCCN1C=CN(CCCCCCCCCCCC)C1CCCCCCCCCCCCCC. The molecule has 0 radical (unpaired) electrons. The smallest absolute Gasteiger partial charge is 0.101 e. The molecular weight excluding hydrogens is 605 g/mol. The minimum absolute atomic E-state index is 0.637. The van der Waals surface area contributed by atoms with Gasteiger partial charge in [0, 0.05) is 25.5 Å². The third kappa shape index (κ3) is 30.9. The Morgan fingerprint density at radius 3 is 0.700 bits per heavy atom. The molecule has 0 bridgehead atoms. The van der Waals surface area contributed by atoms with Gasteiger partial charge in [0.05, 0.1) is 0 Å². The lowest BCUT2D eigenvalue weighted by atomic mass is 10.0. The van der Waals surface area contributed by atoms with Crippen molar-refractivity contribution in [1.82, 2.24) is 9.80 Å². The zero-order valence-corrected chi connectivity index (χ0v) is 35.3. The van der Waals surface area contributed by atoms with Crippen LogP contribution >= 0.6 is 0 Å². The lowest BCUT2D eigenvalue weighted by molar-refractivity contribution is 0.135. The Hall–Kier alpha value is -0.660. The summed E-state index contributed by atoms with van der Waals surface area (Å²) >= 11 is 0. The molecule has 1 atom stereocenters. The van der Waals surface area contributed by atoms with Crippen LogP contribution in [0.4, 0.5) is 0 Å². The second kappa shape index (κ2) is 39.5. The molecule has 0 aliphatic carbocycles. The van der Waals surface area contributed by atoms with Crippen molar-refractivity contribution in [2.75, 3.05) is 13.1 Å². The third-order valence-electron chi connectivity index (χ3n) is 11.8. The molecular formula is C48H96N2. The highest BCUT2D eigenvalue weighted by Crippen LogP contribution is 2.24. The second-order valence-electron chi connectivity index (χ2n) is 16.8. The van der Waals surface area contributed by atoms with Crippen LogP contribution in [0.5, 0.6) is 0 Å². The van der Waals surface area contributed by atoms with E-state index in [0.29, 0.717) is 6.17 Å². The van der Waals surface area contributed by atoms with E-state index in [1.807, 2.05) is 0 Å². The van der Waals surface area contributed by atoms with Crippen molar-refractivity contribution in [2.45, 2.75) is 284 Å². The van der Waals surface area contributed by atoms with Gasteiger partial charge in [-0.3, -0.25) is 0 Å². The Morgan fingerprint density at radius 1 is 0.260 bits per heavy atom. The quantitative estimate of drug-likeness (QED) is 0.0585. The van der Waals surface area contributed by atoms with Crippen molar-refractivity contribution in [2.24, 2.45) is 0 Å². The van der Waals surface area contributed by atoms with Gasteiger partial charge in [0.15, 0.2) is 0 Å². The Kier molecular flexibility index (Phi) is 37.5. The van der Waals surface area contributed by atoms with Crippen LogP contribution in [0.15, 0.2) is 12.4 Å². The minimum atomic E-state index is 0.637. The van der Waals surface area contributed by atoms with E-state index in [2.05, 4.69) is 43.0 Å². The van der Waals surface area contributed by atoms with Crippen molar-refractivity contribution in [3.8, 4) is 0 Å². The molecule has 0 fully saturated rings. The maximum Gasteiger partial charge on any atom is 0.101 e. The molecule has 0 amide bonds. The topological polar surface area (TPSA) is 6.48 Å². The average Bonchev–Trinajstić information content (AvgIpc) is 3.51. The summed E-state index contributed by atoms with van der Waals surface area (Å²) in [5, 5.41) is 0. The molecule has 0 aromatic rings. The summed E-state index contributed by atoms with van der Waals surface area (Å²) in [4.78, 5) is 5.47. The van der Waals surface area contributed by atoms with E-state index < -0.39 is 0 Å². The van der Waals surface area contributed by atoms with E-state index in [0.717, 1.165) is 0 Å². The Morgan fingerprint density at radius 2 is 0.460 bits per heavy atom. The first kappa shape index (κ1) is 47.4. The van der Waals surface area contributed by atoms with Gasteiger partial charge in [0.2, 0.25) is 0 Å². The molecule has 2 nitrogen and oxygen atoms in total. The van der Waals surface area contributed by atoms with Crippen LogP contribution in [-0.2, 0) is 0 Å². The lowest BCUT2D eigenvalue weighted by Crippen LogP contribution is -2.39. The highest BCUT2D eigenvalue weighted by atomic mass is 15.4. The van der Waals surface area contributed by atoms with E-state index in [9.17, 15) is 0 Å². The van der Waals surface area contributed by atoms with Gasteiger partial charge >= 0.3 is 0 Å². The Bertz CT molecular complexity index is 659. The average molecular weight is 701 g/mol. The lowest BCUT2D eigenvalue weighted by Gasteiger charge is -2.33. The zero-order chi connectivity index (χ0) is 35.8. The van der Waals surface area contributed by atoms with E-state index in [1.165, 1.54) is 270 Å². The Balaban J connectivity index is 2.17. The van der Waals surface area contributed by atoms with Gasteiger partial charge in [-0.1, -0.05) is 252 Å². The van der Waals surface area contributed by atoms with Crippen molar-refractivity contribution in [3.63, 3.8) is 0 Å². The number of nitrogens with zero attached hydrogens (tertiary/aromatic N) is 2. The van der Waals surface area contributed by atoms with E-state index in [4.69, 9.17) is 0 Å². The molecule has 0 aromatic heterocycles. The van der Waals surface area contributed by atoms with Gasteiger partial charge in [-0.05, 0) is 25.7 Å². The summed E-state index contributed by atoms with van der Waals surface area (Å²) in [6.07, 6.45) is 63.4. The fourth-order valence-electron chi connectivity index (χ4n) is 8.31. The number of hydrogen-bond acceptors (Lipinski definition) is 2. The van der Waals surface area contributed by atoms with E-state index >= 15 is 0 Å². The van der Waals surface area contributed by atoms with Crippen LogP contribution in [0, 0.1) is 0 Å². The highest BCUT2D eigenvalue weighted by molar-refractivity contribution is 4.97. The normalized spacial score (nSPS) is 14.5. The number of hydrogen-bond donors (Lipinski definition) is 0. The fourth-order valence-corrected chi connectivity index (χ4v) is 8.31. The maximum atomic E-state index is 2.74. The van der Waals surface area contributed by atoms with Gasteiger partial charge in [-0.2, -0.15) is 0 Å². The zero-order valence-electron chi connectivity index (χ0n) is 35.3. The van der Waals surface area contributed by atoms with Gasteiger partial charge in [-0.15, -0.1) is 0 Å². The van der Waals surface area contributed by atoms with Gasteiger partial charge in [0.1, 0.15) is 6.17 Å². The largest absolute Gasteiger partial charge is 0.356 e. The fraction of sp³-hybridized carbons (Fsp3) is 0.958. The molecule has 50 heavy (non-hydrogen) atoms. The molecule has 1 aliphatic heterocycles. The summed E-state index contributed by atoms with van der Waals surface area (Å²) in [5.41, 5.74) is 0. The van der Waals surface area contributed by atoms with Gasteiger partial charge < -0.3 is 9.80 Å². The van der Waals surface area contributed by atoms with Crippen LogP contribution < -0.4 is 0 Å².